The smallest absolute Gasteiger partial charge is 0.178 e. The van der Waals surface area contributed by atoms with Crippen LogP contribution in [-0.2, 0) is 0 Å². The zero-order chi connectivity index (χ0) is 13.2. The van der Waals surface area contributed by atoms with Crippen LogP contribution in [0.4, 0.5) is 4.39 Å². The molecule has 1 heterocycles. The lowest BCUT2D eigenvalue weighted by atomic mass is 9.94. The summed E-state index contributed by atoms with van der Waals surface area (Å²) in [5.74, 6) is 0.190. The Morgan fingerprint density at radius 2 is 1.39 bits per heavy atom. The van der Waals surface area contributed by atoms with Crippen LogP contribution in [0.5, 0.6) is 0 Å². The maximum atomic E-state index is 14.5. The molecule has 0 radical (unpaired) electrons. The summed E-state index contributed by atoms with van der Waals surface area (Å²) in [7, 11) is 0. The zero-order valence-corrected chi connectivity index (χ0v) is 11.9. The molecule has 0 saturated carbocycles. The Labute approximate surface area is 111 Å². The molecule has 0 aliphatic rings. The van der Waals surface area contributed by atoms with E-state index in [1.165, 1.54) is 25.7 Å². The first-order valence-corrected chi connectivity index (χ1v) is 7.56. The summed E-state index contributed by atoms with van der Waals surface area (Å²) in [4.78, 5) is 0. The number of nitrogens with zero attached hydrogens (tertiary/aromatic N) is 1. The third-order valence-corrected chi connectivity index (χ3v) is 3.66. The molecule has 0 bridgehead atoms. The topological polar surface area (TPSA) is 4.93 Å². The van der Waals surface area contributed by atoms with Crippen molar-refractivity contribution >= 4 is 0 Å². The standard InChI is InChI=1S/C16H28FN/c1-3-5-7-11-15(12-8-6-4-2)16(17)18-13-9-10-14-18/h9-10,13-16H,3-8,11-12H2,1-2H3. The molecule has 0 fully saturated rings. The number of hydrogen-bond donors (Lipinski definition) is 0. The van der Waals surface area contributed by atoms with E-state index < -0.39 is 6.30 Å². The molecule has 0 saturated heterocycles. The Morgan fingerprint density at radius 3 is 1.83 bits per heavy atom. The summed E-state index contributed by atoms with van der Waals surface area (Å²) >= 11 is 0. The summed E-state index contributed by atoms with van der Waals surface area (Å²) in [6.07, 6.45) is 12.1. The van der Waals surface area contributed by atoms with Crippen molar-refractivity contribution < 1.29 is 4.39 Å². The minimum Gasteiger partial charge on any atom is -0.324 e. The highest BCUT2D eigenvalue weighted by Crippen LogP contribution is 2.30. The second kappa shape index (κ2) is 9.18. The highest BCUT2D eigenvalue weighted by molar-refractivity contribution is 4.92. The normalized spacial score (nSPS) is 13.1. The molecule has 1 atom stereocenters. The fraction of sp³-hybridized carbons (Fsp3) is 0.750. The molecule has 1 unspecified atom stereocenters. The van der Waals surface area contributed by atoms with Gasteiger partial charge in [-0.25, -0.2) is 4.39 Å². The maximum Gasteiger partial charge on any atom is 0.178 e. The van der Waals surface area contributed by atoms with Gasteiger partial charge in [0, 0.05) is 18.3 Å². The van der Waals surface area contributed by atoms with Crippen LogP contribution in [-0.4, -0.2) is 4.57 Å². The van der Waals surface area contributed by atoms with Gasteiger partial charge >= 0.3 is 0 Å². The average Bonchev–Trinajstić information content (AvgIpc) is 2.90. The van der Waals surface area contributed by atoms with E-state index in [2.05, 4.69) is 13.8 Å². The van der Waals surface area contributed by atoms with Crippen LogP contribution in [0.3, 0.4) is 0 Å². The van der Waals surface area contributed by atoms with Crippen LogP contribution in [0, 0.1) is 5.92 Å². The first-order chi connectivity index (χ1) is 8.79. The second-order valence-corrected chi connectivity index (χ2v) is 5.25. The molecule has 0 spiro atoms. The average molecular weight is 253 g/mol. The molecule has 0 amide bonds. The maximum absolute atomic E-state index is 14.5. The minimum atomic E-state index is -0.839. The Bertz CT molecular complexity index is 271. The van der Waals surface area contributed by atoms with Gasteiger partial charge in [-0.2, -0.15) is 0 Å². The molecule has 104 valence electrons. The van der Waals surface area contributed by atoms with E-state index in [1.54, 1.807) is 4.57 Å². The molecule has 0 aromatic carbocycles. The SMILES string of the molecule is CCCCCC(CCCCC)C(F)n1cccc1. The molecule has 0 N–H and O–H groups in total. The van der Waals surface area contributed by atoms with Crippen LogP contribution in [0.1, 0.15) is 71.5 Å². The van der Waals surface area contributed by atoms with Gasteiger partial charge in [0.1, 0.15) is 0 Å². The van der Waals surface area contributed by atoms with E-state index in [0.29, 0.717) is 0 Å². The van der Waals surface area contributed by atoms with Gasteiger partial charge in [0.05, 0.1) is 0 Å². The Balaban J connectivity index is 2.46. The summed E-state index contributed by atoms with van der Waals surface area (Å²) in [5, 5.41) is 0. The van der Waals surface area contributed by atoms with E-state index >= 15 is 0 Å². The first-order valence-electron chi connectivity index (χ1n) is 7.56. The quantitative estimate of drug-likeness (QED) is 0.469. The van der Waals surface area contributed by atoms with Crippen LogP contribution in [0.25, 0.3) is 0 Å². The molecular weight excluding hydrogens is 225 g/mol. The summed E-state index contributed by atoms with van der Waals surface area (Å²) in [6.45, 7) is 4.40. The molecule has 1 aromatic rings. The summed E-state index contributed by atoms with van der Waals surface area (Å²) in [5.41, 5.74) is 0. The molecule has 18 heavy (non-hydrogen) atoms. The van der Waals surface area contributed by atoms with Gasteiger partial charge < -0.3 is 4.57 Å². The molecular formula is C16H28FN. The van der Waals surface area contributed by atoms with Crippen molar-refractivity contribution in [1.82, 2.24) is 4.57 Å². The molecule has 2 heteroatoms. The highest BCUT2D eigenvalue weighted by Gasteiger charge is 2.20. The number of rotatable bonds is 10. The van der Waals surface area contributed by atoms with Crippen LogP contribution in [0.2, 0.25) is 0 Å². The van der Waals surface area contributed by atoms with Crippen molar-refractivity contribution in [2.45, 2.75) is 71.5 Å². The summed E-state index contributed by atoms with van der Waals surface area (Å²) in [6, 6.07) is 3.81. The van der Waals surface area contributed by atoms with Gasteiger partial charge in [0.25, 0.3) is 0 Å². The van der Waals surface area contributed by atoms with E-state index in [4.69, 9.17) is 0 Å². The van der Waals surface area contributed by atoms with Gasteiger partial charge in [-0.1, -0.05) is 52.4 Å². The van der Waals surface area contributed by atoms with Gasteiger partial charge in [0.2, 0.25) is 0 Å². The van der Waals surface area contributed by atoms with Crippen LogP contribution in [0.15, 0.2) is 24.5 Å². The fourth-order valence-electron chi connectivity index (χ4n) is 2.49. The van der Waals surface area contributed by atoms with E-state index in [0.717, 1.165) is 25.7 Å². The fourth-order valence-corrected chi connectivity index (χ4v) is 2.49. The van der Waals surface area contributed by atoms with E-state index in [9.17, 15) is 4.39 Å². The van der Waals surface area contributed by atoms with Crippen LogP contribution >= 0.6 is 0 Å². The van der Waals surface area contributed by atoms with Gasteiger partial charge in [-0.3, -0.25) is 0 Å². The van der Waals surface area contributed by atoms with Gasteiger partial charge in [-0.15, -0.1) is 0 Å². The van der Waals surface area contributed by atoms with Crippen molar-refractivity contribution in [2.75, 3.05) is 0 Å². The highest BCUT2D eigenvalue weighted by atomic mass is 19.1. The predicted octanol–water partition coefficient (Wildman–Crippen LogP) is 5.73. The lowest BCUT2D eigenvalue weighted by molar-refractivity contribution is 0.129. The largest absolute Gasteiger partial charge is 0.324 e. The van der Waals surface area contributed by atoms with Gasteiger partial charge in [0.15, 0.2) is 6.30 Å². The van der Waals surface area contributed by atoms with Crippen molar-refractivity contribution in [3.05, 3.63) is 24.5 Å². The van der Waals surface area contributed by atoms with Crippen molar-refractivity contribution in [3.63, 3.8) is 0 Å². The predicted molar refractivity (Wildman–Crippen MR) is 76.4 cm³/mol. The van der Waals surface area contributed by atoms with Crippen molar-refractivity contribution in [2.24, 2.45) is 5.92 Å². The second-order valence-electron chi connectivity index (χ2n) is 5.25. The molecule has 1 rings (SSSR count). The number of alkyl halides is 1. The number of halogens is 1. The Morgan fingerprint density at radius 1 is 0.889 bits per heavy atom. The molecule has 1 aromatic heterocycles. The monoisotopic (exact) mass is 253 g/mol. The van der Waals surface area contributed by atoms with E-state index in [-0.39, 0.29) is 5.92 Å². The Hall–Kier alpha value is -0.790. The van der Waals surface area contributed by atoms with Crippen molar-refractivity contribution in [1.29, 1.82) is 0 Å². The first kappa shape index (κ1) is 15.3. The van der Waals surface area contributed by atoms with E-state index in [1.807, 2.05) is 24.5 Å². The third-order valence-electron chi connectivity index (χ3n) is 3.66. The number of hydrogen-bond acceptors (Lipinski definition) is 0. The van der Waals surface area contributed by atoms with Crippen LogP contribution < -0.4 is 0 Å². The zero-order valence-electron chi connectivity index (χ0n) is 11.9. The third kappa shape index (κ3) is 5.24. The number of unbranched alkanes of at least 4 members (excludes halogenated alkanes) is 4. The molecule has 1 nitrogen and oxygen atoms in total. The van der Waals surface area contributed by atoms with Gasteiger partial charge in [-0.05, 0) is 25.0 Å². The Kier molecular flexibility index (Phi) is 7.79. The lowest BCUT2D eigenvalue weighted by Gasteiger charge is -2.22. The summed E-state index contributed by atoms with van der Waals surface area (Å²) < 4.78 is 16.2. The minimum absolute atomic E-state index is 0.190. The molecule has 0 aliphatic carbocycles. The number of aromatic nitrogens is 1. The lowest BCUT2D eigenvalue weighted by Crippen LogP contribution is -2.14. The van der Waals surface area contributed by atoms with Crippen molar-refractivity contribution in [3.8, 4) is 0 Å². The molecule has 0 aliphatic heterocycles.